The molecule has 1 N–H and O–H groups in total. The summed E-state index contributed by atoms with van der Waals surface area (Å²) < 4.78 is 5.28. The fourth-order valence-corrected chi connectivity index (χ4v) is 3.41. The zero-order valence-electron chi connectivity index (χ0n) is 12.8. The second kappa shape index (κ2) is 7.41. The van der Waals surface area contributed by atoms with Crippen LogP contribution in [-0.2, 0) is 9.53 Å². The summed E-state index contributed by atoms with van der Waals surface area (Å²) in [5.74, 6) is 0.744. The maximum absolute atomic E-state index is 12.3. The first-order valence-corrected chi connectivity index (χ1v) is 8.13. The van der Waals surface area contributed by atoms with E-state index in [4.69, 9.17) is 4.74 Å². The molecule has 0 spiro atoms. The molecule has 2 fully saturated rings. The van der Waals surface area contributed by atoms with E-state index >= 15 is 0 Å². The van der Waals surface area contributed by atoms with E-state index in [1.54, 1.807) is 4.90 Å². The molecule has 2 aliphatic rings. The summed E-state index contributed by atoms with van der Waals surface area (Å²) >= 11 is 0. The van der Waals surface area contributed by atoms with Gasteiger partial charge in [-0.1, -0.05) is 25.7 Å². The maximum atomic E-state index is 12.3. The average Bonchev–Trinajstić information content (AvgIpc) is 2.67. The van der Waals surface area contributed by atoms with Crippen molar-refractivity contribution >= 4 is 5.91 Å². The zero-order valence-corrected chi connectivity index (χ0v) is 12.8. The van der Waals surface area contributed by atoms with Crippen LogP contribution in [-0.4, -0.2) is 48.3 Å². The van der Waals surface area contributed by atoms with E-state index < -0.39 is 5.60 Å². The summed E-state index contributed by atoms with van der Waals surface area (Å²) in [6.07, 6.45) is 9.48. The van der Waals surface area contributed by atoms with Gasteiger partial charge in [0.15, 0.2) is 0 Å². The first-order valence-electron chi connectivity index (χ1n) is 8.13. The van der Waals surface area contributed by atoms with Crippen LogP contribution in [0, 0.1) is 5.92 Å². The van der Waals surface area contributed by atoms with E-state index in [2.05, 4.69) is 0 Å². The van der Waals surface area contributed by atoms with Crippen molar-refractivity contribution < 1.29 is 14.6 Å². The highest BCUT2D eigenvalue weighted by Crippen LogP contribution is 2.27. The lowest BCUT2D eigenvalue weighted by Gasteiger charge is -2.35. The van der Waals surface area contributed by atoms with Crippen molar-refractivity contribution in [3.63, 3.8) is 0 Å². The van der Waals surface area contributed by atoms with Crippen molar-refractivity contribution in [1.82, 2.24) is 4.90 Å². The van der Waals surface area contributed by atoms with Gasteiger partial charge < -0.3 is 14.7 Å². The summed E-state index contributed by atoms with van der Waals surface area (Å²) in [5.41, 5.74) is -0.744. The Morgan fingerprint density at radius 2 is 1.80 bits per heavy atom. The van der Waals surface area contributed by atoms with Gasteiger partial charge >= 0.3 is 0 Å². The topological polar surface area (TPSA) is 49.8 Å². The summed E-state index contributed by atoms with van der Waals surface area (Å²) in [4.78, 5) is 14.1. The second-order valence-electron chi connectivity index (χ2n) is 6.65. The molecule has 0 radical (unpaired) electrons. The summed E-state index contributed by atoms with van der Waals surface area (Å²) in [7, 11) is 1.83. The van der Waals surface area contributed by atoms with Crippen molar-refractivity contribution in [3.8, 4) is 0 Å². The molecule has 1 aliphatic heterocycles. The number of amides is 1. The molecule has 0 unspecified atom stereocenters. The Morgan fingerprint density at radius 1 is 1.20 bits per heavy atom. The number of hydrogen-bond donors (Lipinski definition) is 1. The molecule has 0 aromatic heterocycles. The SMILES string of the molecule is CN(CC1(O)CCOCC1)C(=O)CC1CCCCCC1. The quantitative estimate of drug-likeness (QED) is 0.806. The first kappa shape index (κ1) is 15.8. The summed E-state index contributed by atoms with van der Waals surface area (Å²) in [5, 5.41) is 10.5. The standard InChI is InChI=1S/C16H29NO3/c1-17(13-16(19)8-10-20-11-9-16)15(18)12-14-6-4-2-3-5-7-14/h14,19H,2-13H2,1H3. The largest absolute Gasteiger partial charge is 0.388 e. The van der Waals surface area contributed by atoms with Crippen LogP contribution in [0.1, 0.15) is 57.8 Å². The van der Waals surface area contributed by atoms with Gasteiger partial charge in [0.25, 0.3) is 0 Å². The van der Waals surface area contributed by atoms with E-state index in [0.29, 0.717) is 44.9 Å². The Labute approximate surface area is 122 Å². The number of rotatable bonds is 4. The lowest BCUT2D eigenvalue weighted by atomic mass is 9.92. The Bertz CT molecular complexity index is 305. The molecule has 4 nitrogen and oxygen atoms in total. The van der Waals surface area contributed by atoms with Gasteiger partial charge in [-0.05, 0) is 18.8 Å². The number of likely N-dealkylation sites (N-methyl/N-ethyl adjacent to an activating group) is 1. The Hall–Kier alpha value is -0.610. The number of hydrogen-bond acceptors (Lipinski definition) is 3. The Kier molecular flexibility index (Phi) is 5.85. The smallest absolute Gasteiger partial charge is 0.222 e. The van der Waals surface area contributed by atoms with Gasteiger partial charge in [0.1, 0.15) is 0 Å². The first-order chi connectivity index (χ1) is 9.59. The number of carbonyl (C=O) groups is 1. The molecule has 1 aliphatic carbocycles. The number of carbonyl (C=O) groups excluding carboxylic acids is 1. The minimum atomic E-state index is -0.744. The second-order valence-corrected chi connectivity index (χ2v) is 6.65. The molecule has 2 rings (SSSR count). The predicted octanol–water partition coefficient (Wildman–Crippen LogP) is 2.35. The molecule has 0 aromatic rings. The molecular weight excluding hydrogens is 254 g/mol. The highest BCUT2D eigenvalue weighted by Gasteiger charge is 2.32. The molecule has 0 atom stereocenters. The van der Waals surface area contributed by atoms with Gasteiger partial charge in [-0.15, -0.1) is 0 Å². The van der Waals surface area contributed by atoms with Gasteiger partial charge in [-0.3, -0.25) is 4.79 Å². The van der Waals surface area contributed by atoms with Crippen LogP contribution in [0.3, 0.4) is 0 Å². The fraction of sp³-hybridized carbons (Fsp3) is 0.938. The third-order valence-electron chi connectivity index (χ3n) is 4.82. The van der Waals surface area contributed by atoms with Crippen LogP contribution in [0.15, 0.2) is 0 Å². The van der Waals surface area contributed by atoms with Gasteiger partial charge in [0.2, 0.25) is 5.91 Å². The van der Waals surface area contributed by atoms with E-state index in [0.717, 1.165) is 0 Å². The maximum Gasteiger partial charge on any atom is 0.222 e. The zero-order chi connectivity index (χ0) is 14.4. The van der Waals surface area contributed by atoms with Crippen molar-refractivity contribution in [2.75, 3.05) is 26.8 Å². The molecule has 116 valence electrons. The molecule has 0 bridgehead atoms. The molecule has 1 saturated carbocycles. The van der Waals surface area contributed by atoms with Gasteiger partial charge in [-0.25, -0.2) is 0 Å². The number of nitrogens with zero attached hydrogens (tertiary/aromatic N) is 1. The molecule has 4 heteroatoms. The molecule has 1 amide bonds. The van der Waals surface area contributed by atoms with E-state index in [-0.39, 0.29) is 5.91 Å². The van der Waals surface area contributed by atoms with E-state index in [1.807, 2.05) is 7.05 Å². The minimum Gasteiger partial charge on any atom is -0.388 e. The van der Waals surface area contributed by atoms with Crippen LogP contribution in [0.5, 0.6) is 0 Å². The molecule has 0 aromatic carbocycles. The lowest BCUT2D eigenvalue weighted by molar-refractivity contribution is -0.137. The van der Waals surface area contributed by atoms with Gasteiger partial charge in [-0.2, -0.15) is 0 Å². The van der Waals surface area contributed by atoms with Gasteiger partial charge in [0.05, 0.1) is 5.60 Å². The highest BCUT2D eigenvalue weighted by molar-refractivity contribution is 5.76. The highest BCUT2D eigenvalue weighted by atomic mass is 16.5. The van der Waals surface area contributed by atoms with Crippen molar-refractivity contribution in [1.29, 1.82) is 0 Å². The van der Waals surface area contributed by atoms with Gasteiger partial charge in [0, 0.05) is 46.1 Å². The van der Waals surface area contributed by atoms with Crippen molar-refractivity contribution in [2.45, 2.75) is 63.4 Å². The summed E-state index contributed by atoms with van der Waals surface area (Å²) in [6.45, 7) is 1.64. The average molecular weight is 283 g/mol. The lowest BCUT2D eigenvalue weighted by Crippen LogP contribution is -2.47. The van der Waals surface area contributed by atoms with Crippen LogP contribution < -0.4 is 0 Å². The van der Waals surface area contributed by atoms with Crippen molar-refractivity contribution in [3.05, 3.63) is 0 Å². The normalized spacial score (nSPS) is 24.1. The monoisotopic (exact) mass is 283 g/mol. The molecule has 20 heavy (non-hydrogen) atoms. The Morgan fingerprint density at radius 3 is 2.40 bits per heavy atom. The third-order valence-corrected chi connectivity index (χ3v) is 4.82. The fourth-order valence-electron chi connectivity index (χ4n) is 3.41. The van der Waals surface area contributed by atoms with Crippen LogP contribution in [0.2, 0.25) is 0 Å². The number of aliphatic hydroxyl groups is 1. The van der Waals surface area contributed by atoms with E-state index in [9.17, 15) is 9.90 Å². The minimum absolute atomic E-state index is 0.191. The Balaban J connectivity index is 1.78. The molecular formula is C16H29NO3. The predicted molar refractivity (Wildman–Crippen MR) is 78.4 cm³/mol. The third kappa shape index (κ3) is 4.74. The van der Waals surface area contributed by atoms with Crippen molar-refractivity contribution in [2.24, 2.45) is 5.92 Å². The number of ether oxygens (including phenoxy) is 1. The molecule has 1 heterocycles. The van der Waals surface area contributed by atoms with Crippen LogP contribution in [0.25, 0.3) is 0 Å². The molecule has 1 saturated heterocycles. The van der Waals surface area contributed by atoms with E-state index in [1.165, 1.54) is 38.5 Å². The van der Waals surface area contributed by atoms with Crippen LogP contribution in [0.4, 0.5) is 0 Å². The van der Waals surface area contributed by atoms with Crippen LogP contribution >= 0.6 is 0 Å². The summed E-state index contributed by atoms with van der Waals surface area (Å²) in [6, 6.07) is 0.